The zero-order valence-electron chi connectivity index (χ0n) is 23.2. The number of rotatable bonds is 6. The molecular formula is C30H33ClFN7O3. The van der Waals surface area contributed by atoms with Crippen molar-refractivity contribution in [2.45, 2.75) is 62.2 Å². The molecule has 1 aliphatic carbocycles. The number of phenolic OH excluding ortho intramolecular Hbond substituents is 1. The molecule has 1 aromatic carbocycles. The third-order valence-corrected chi connectivity index (χ3v) is 9.97. The van der Waals surface area contributed by atoms with E-state index in [0.29, 0.717) is 34.8 Å². The molecule has 220 valence electrons. The number of benzene rings is 1. The molecule has 10 nitrogen and oxygen atoms in total. The average molecular weight is 594 g/mol. The monoisotopic (exact) mass is 593 g/mol. The van der Waals surface area contributed by atoms with Crippen LogP contribution in [-0.2, 0) is 0 Å². The molecule has 6 aliphatic rings. The first-order chi connectivity index (χ1) is 20.4. The number of nitrogens with zero attached hydrogens (tertiary/aromatic N) is 5. The molecule has 3 N–H and O–H groups in total. The number of alkyl halides is 1. The van der Waals surface area contributed by atoms with Gasteiger partial charge in [-0.25, -0.2) is 4.39 Å². The van der Waals surface area contributed by atoms with Crippen molar-refractivity contribution >= 4 is 28.1 Å². The number of phenols is 1. The summed E-state index contributed by atoms with van der Waals surface area (Å²) in [4.78, 5) is 25.9. The first-order valence-electron chi connectivity index (χ1n) is 14.9. The van der Waals surface area contributed by atoms with Gasteiger partial charge in [0.05, 0.1) is 28.5 Å². The summed E-state index contributed by atoms with van der Waals surface area (Å²) >= 11 is 6.55. The second-order valence-corrected chi connectivity index (χ2v) is 12.9. The van der Waals surface area contributed by atoms with Crippen LogP contribution in [0.4, 0.5) is 4.39 Å². The average Bonchev–Trinajstić information content (AvgIpc) is 3.73. The molecule has 4 fully saturated rings. The molecular weight excluding hydrogens is 561 g/mol. The second kappa shape index (κ2) is 9.97. The molecule has 7 heterocycles. The molecule has 1 unspecified atom stereocenters. The summed E-state index contributed by atoms with van der Waals surface area (Å²) in [6, 6.07) is 3.40. The fraction of sp³-hybridized carbons (Fsp3) is 0.533. The summed E-state index contributed by atoms with van der Waals surface area (Å²) in [5, 5.41) is 23.0. The van der Waals surface area contributed by atoms with Crippen molar-refractivity contribution in [3.63, 3.8) is 0 Å². The molecule has 5 aliphatic heterocycles. The Hall–Kier alpha value is -3.12. The number of aromatic nitrogens is 4. The Morgan fingerprint density at radius 3 is 2.98 bits per heavy atom. The van der Waals surface area contributed by atoms with Gasteiger partial charge in [0.1, 0.15) is 24.0 Å². The van der Waals surface area contributed by atoms with Crippen LogP contribution in [0.25, 0.3) is 22.2 Å². The largest absolute Gasteiger partial charge is 0.508 e. The van der Waals surface area contributed by atoms with E-state index >= 15 is 0 Å². The summed E-state index contributed by atoms with van der Waals surface area (Å²) in [6.07, 6.45) is 5.74. The summed E-state index contributed by atoms with van der Waals surface area (Å²) in [5.41, 5.74) is 3.57. The first kappa shape index (κ1) is 26.5. The standard InChI is InChI=1S/C30H33ClFN7O3/c31-23-7-20(40)8-24(25(23)16-2-3-16)39-28(41)27-22(13-35-39)26(21-6-19-12-33-10-17(21)11-34-19)36-29(37-27)42-15-30-4-1-5-38(30)14-18(32)9-30/h7-8,13,16,18-19,33-34,40H,1-6,9-12,14-15H2/t18-,19?,30+/m1/s1. The van der Waals surface area contributed by atoms with Crippen LogP contribution in [0.2, 0.25) is 5.02 Å². The topological polar surface area (TPSA) is 117 Å². The van der Waals surface area contributed by atoms with E-state index in [1.807, 2.05) is 0 Å². The van der Waals surface area contributed by atoms with Gasteiger partial charge in [-0.3, -0.25) is 9.69 Å². The number of ether oxygens (including phenoxy) is 1. The molecule has 3 aromatic rings. The van der Waals surface area contributed by atoms with E-state index in [2.05, 4.69) is 25.6 Å². The lowest BCUT2D eigenvalue weighted by Crippen LogP contribution is -2.43. The van der Waals surface area contributed by atoms with Crippen molar-refractivity contribution in [1.82, 2.24) is 35.3 Å². The van der Waals surface area contributed by atoms with Crippen LogP contribution < -0.4 is 20.9 Å². The molecule has 0 spiro atoms. The summed E-state index contributed by atoms with van der Waals surface area (Å²) in [6.45, 7) is 3.86. The van der Waals surface area contributed by atoms with E-state index in [-0.39, 0.29) is 41.4 Å². The fourth-order valence-corrected chi connectivity index (χ4v) is 7.83. The summed E-state index contributed by atoms with van der Waals surface area (Å²) < 4.78 is 22.0. The minimum atomic E-state index is -0.872. The Morgan fingerprint density at radius 2 is 2.12 bits per heavy atom. The molecule has 42 heavy (non-hydrogen) atoms. The van der Waals surface area contributed by atoms with Crippen LogP contribution in [0, 0.1) is 0 Å². The highest BCUT2D eigenvalue weighted by Gasteiger charge is 2.49. The van der Waals surface area contributed by atoms with E-state index in [1.165, 1.54) is 22.4 Å². The van der Waals surface area contributed by atoms with Crippen molar-refractivity contribution in [1.29, 1.82) is 0 Å². The van der Waals surface area contributed by atoms with Gasteiger partial charge in [0.2, 0.25) is 0 Å². The third-order valence-electron chi connectivity index (χ3n) is 9.66. The smallest absolute Gasteiger partial charge is 0.317 e. The van der Waals surface area contributed by atoms with Gasteiger partial charge in [0.25, 0.3) is 5.56 Å². The predicted molar refractivity (Wildman–Crippen MR) is 156 cm³/mol. The van der Waals surface area contributed by atoms with Crippen molar-refractivity contribution in [3.8, 4) is 17.4 Å². The number of aromatic hydroxyl groups is 1. The van der Waals surface area contributed by atoms with Gasteiger partial charge in [-0.1, -0.05) is 11.6 Å². The zero-order chi connectivity index (χ0) is 28.6. The van der Waals surface area contributed by atoms with E-state index in [0.717, 1.165) is 69.4 Å². The molecule has 3 saturated heterocycles. The lowest BCUT2D eigenvalue weighted by atomic mass is 9.93. The Bertz CT molecular complexity index is 1690. The normalized spacial score (nSPS) is 27.6. The predicted octanol–water partition coefficient (Wildman–Crippen LogP) is 3.09. The van der Waals surface area contributed by atoms with E-state index < -0.39 is 11.7 Å². The highest BCUT2D eigenvalue weighted by molar-refractivity contribution is 6.32. The van der Waals surface area contributed by atoms with Crippen molar-refractivity contribution in [3.05, 3.63) is 50.5 Å². The molecule has 3 atom stereocenters. The lowest BCUT2D eigenvalue weighted by molar-refractivity contribution is 0.107. The van der Waals surface area contributed by atoms with Crippen LogP contribution in [0.15, 0.2) is 28.7 Å². The minimum Gasteiger partial charge on any atom is -0.508 e. The van der Waals surface area contributed by atoms with Gasteiger partial charge >= 0.3 is 6.01 Å². The van der Waals surface area contributed by atoms with E-state index in [1.54, 1.807) is 6.20 Å². The lowest BCUT2D eigenvalue weighted by Gasteiger charge is -2.31. The Balaban J connectivity index is 1.27. The SMILES string of the molecule is O=c1c2nc(OC[C@@]34CCCN3C[C@H](F)C4)nc(C3=C4CNCC(C3)NC4)c2cnn1-c1cc(O)cc(Cl)c1C1CC1. The maximum Gasteiger partial charge on any atom is 0.317 e. The Morgan fingerprint density at radius 1 is 1.24 bits per heavy atom. The fourth-order valence-electron chi connectivity index (χ4n) is 7.47. The number of halogens is 2. The van der Waals surface area contributed by atoms with Gasteiger partial charge < -0.3 is 20.5 Å². The van der Waals surface area contributed by atoms with Gasteiger partial charge in [0.15, 0.2) is 0 Å². The minimum absolute atomic E-state index is 0.0369. The number of nitrogens with one attached hydrogen (secondary N) is 2. The van der Waals surface area contributed by atoms with Gasteiger partial charge in [-0.15, -0.1) is 0 Å². The van der Waals surface area contributed by atoms with Crippen LogP contribution in [0.3, 0.4) is 0 Å². The van der Waals surface area contributed by atoms with Gasteiger partial charge in [0, 0.05) is 49.7 Å². The second-order valence-electron chi connectivity index (χ2n) is 12.5. The first-order valence-corrected chi connectivity index (χ1v) is 15.3. The van der Waals surface area contributed by atoms with Gasteiger partial charge in [-0.2, -0.15) is 19.7 Å². The van der Waals surface area contributed by atoms with Crippen LogP contribution >= 0.6 is 11.6 Å². The summed E-state index contributed by atoms with van der Waals surface area (Å²) in [5.74, 6) is 0.176. The maximum absolute atomic E-state index is 14.4. The van der Waals surface area contributed by atoms with Crippen molar-refractivity contribution < 1.29 is 14.2 Å². The molecule has 2 bridgehead atoms. The van der Waals surface area contributed by atoms with E-state index in [9.17, 15) is 14.3 Å². The van der Waals surface area contributed by atoms with E-state index in [4.69, 9.17) is 21.3 Å². The Kier molecular flexibility index (Phi) is 6.29. The zero-order valence-corrected chi connectivity index (χ0v) is 24.0. The number of hydrogen-bond donors (Lipinski definition) is 3. The molecule has 0 amide bonds. The van der Waals surface area contributed by atoms with Crippen molar-refractivity contribution in [2.24, 2.45) is 0 Å². The maximum atomic E-state index is 14.4. The Labute approximate surface area is 246 Å². The third kappa shape index (κ3) is 4.40. The van der Waals surface area contributed by atoms with Crippen LogP contribution in [0.1, 0.15) is 55.7 Å². The molecule has 0 radical (unpaired) electrons. The quantitative estimate of drug-likeness (QED) is 0.396. The number of hydrogen-bond acceptors (Lipinski definition) is 9. The van der Waals surface area contributed by atoms with Gasteiger partial charge in [-0.05, 0) is 67.3 Å². The highest BCUT2D eigenvalue weighted by atomic mass is 35.5. The number of fused-ring (bicyclic) bond motifs is 6. The van der Waals surface area contributed by atoms with Crippen molar-refractivity contribution in [2.75, 3.05) is 39.3 Å². The van der Waals surface area contributed by atoms with Crippen LogP contribution in [-0.4, -0.2) is 86.8 Å². The molecule has 2 aromatic heterocycles. The molecule has 1 saturated carbocycles. The van der Waals surface area contributed by atoms with Crippen LogP contribution in [0.5, 0.6) is 11.8 Å². The summed E-state index contributed by atoms with van der Waals surface area (Å²) in [7, 11) is 0. The molecule has 9 rings (SSSR count). The highest BCUT2D eigenvalue weighted by Crippen LogP contribution is 2.47. The molecule has 12 heteroatoms.